The molecule has 2 aromatic carbocycles. The summed E-state index contributed by atoms with van der Waals surface area (Å²) in [7, 11) is 0. The van der Waals surface area contributed by atoms with E-state index in [1.165, 1.54) is 21.9 Å². The normalized spacial score (nSPS) is 15.5. The molecule has 0 radical (unpaired) electrons. The molecule has 5 heteroatoms. The zero-order valence-electron chi connectivity index (χ0n) is 14.5. The van der Waals surface area contributed by atoms with Gasteiger partial charge in [0.2, 0.25) is 6.08 Å². The summed E-state index contributed by atoms with van der Waals surface area (Å²) in [5.74, 6) is 0.185. The summed E-state index contributed by atoms with van der Waals surface area (Å²) in [5.41, 5.74) is 5.75. The van der Waals surface area contributed by atoms with Crippen molar-refractivity contribution in [3.8, 4) is 11.3 Å². The first-order valence-corrected chi connectivity index (χ1v) is 8.91. The highest BCUT2D eigenvalue weighted by atomic mass is 16.1. The lowest BCUT2D eigenvalue weighted by molar-refractivity contribution is 0.565. The number of aromatic nitrogens is 3. The van der Waals surface area contributed by atoms with E-state index in [4.69, 9.17) is 0 Å². The number of pyridine rings is 1. The predicted octanol–water partition coefficient (Wildman–Crippen LogP) is 4.47. The molecule has 5 rings (SSSR count). The highest BCUT2D eigenvalue weighted by Gasteiger charge is 2.29. The Morgan fingerprint density at radius 2 is 1.89 bits per heavy atom. The molecular weight excluding hydrogens is 336 g/mol. The second kappa shape index (κ2) is 6.31. The second-order valence-electron chi connectivity index (χ2n) is 6.80. The number of isocyanates is 1. The highest BCUT2D eigenvalue weighted by molar-refractivity contribution is 5.87. The monoisotopic (exact) mass is 352 g/mol. The molecule has 0 aliphatic heterocycles. The molecule has 5 nitrogen and oxygen atoms in total. The van der Waals surface area contributed by atoms with Crippen LogP contribution in [0.1, 0.15) is 22.7 Å². The maximum atomic E-state index is 11.1. The van der Waals surface area contributed by atoms with Crippen molar-refractivity contribution in [2.24, 2.45) is 4.99 Å². The van der Waals surface area contributed by atoms with Gasteiger partial charge in [0.15, 0.2) is 0 Å². The fourth-order valence-corrected chi connectivity index (χ4v) is 4.10. The Morgan fingerprint density at radius 3 is 2.74 bits per heavy atom. The van der Waals surface area contributed by atoms with Crippen LogP contribution in [0.4, 0.5) is 5.69 Å². The second-order valence-corrected chi connectivity index (χ2v) is 6.80. The summed E-state index contributed by atoms with van der Waals surface area (Å²) in [6.07, 6.45) is 6.89. The molecule has 1 atom stereocenters. The third kappa shape index (κ3) is 2.57. The van der Waals surface area contributed by atoms with Crippen LogP contribution in [-0.2, 0) is 17.6 Å². The minimum absolute atomic E-state index is 0.185. The van der Waals surface area contributed by atoms with Gasteiger partial charge in [-0.3, -0.25) is 10.1 Å². The fraction of sp³-hybridized carbons (Fsp3) is 0.136. The molecule has 1 aliphatic rings. The van der Waals surface area contributed by atoms with Crippen molar-refractivity contribution in [1.29, 1.82) is 0 Å². The molecule has 0 bridgehead atoms. The Hall–Kier alpha value is -3.56. The number of carbonyl (C=O) groups excluding carboxylic acids is 1. The van der Waals surface area contributed by atoms with Gasteiger partial charge in [0.25, 0.3) is 0 Å². The number of nitrogens with zero attached hydrogens (tertiary/aromatic N) is 3. The van der Waals surface area contributed by atoms with Crippen LogP contribution in [0.2, 0.25) is 0 Å². The van der Waals surface area contributed by atoms with Gasteiger partial charge in [-0.1, -0.05) is 36.4 Å². The summed E-state index contributed by atoms with van der Waals surface area (Å²) in [5, 5.41) is 10.2. The van der Waals surface area contributed by atoms with E-state index in [1.54, 1.807) is 18.5 Å². The molecular formula is C22H16N4O. The number of benzene rings is 2. The van der Waals surface area contributed by atoms with Crippen LogP contribution >= 0.6 is 0 Å². The van der Waals surface area contributed by atoms with E-state index in [0.29, 0.717) is 5.69 Å². The third-order valence-corrected chi connectivity index (χ3v) is 5.34. The van der Waals surface area contributed by atoms with Crippen molar-refractivity contribution in [3.05, 3.63) is 77.7 Å². The highest BCUT2D eigenvalue weighted by Crippen LogP contribution is 2.42. The molecule has 130 valence electrons. The first kappa shape index (κ1) is 15.7. The van der Waals surface area contributed by atoms with Gasteiger partial charge in [-0.2, -0.15) is 10.1 Å². The van der Waals surface area contributed by atoms with Crippen LogP contribution < -0.4 is 0 Å². The van der Waals surface area contributed by atoms with Crippen molar-refractivity contribution in [1.82, 2.24) is 15.2 Å². The molecule has 27 heavy (non-hydrogen) atoms. The third-order valence-electron chi connectivity index (χ3n) is 5.34. The smallest absolute Gasteiger partial charge is 0.240 e. The molecule has 2 heterocycles. The number of hydrogen-bond donors (Lipinski definition) is 1. The SMILES string of the molecule is O=C=Nc1c(C2Cc3ccc4ccccc4c3C2)n[nH]c1-c1ccncc1. The maximum Gasteiger partial charge on any atom is 0.240 e. The fourth-order valence-electron chi connectivity index (χ4n) is 4.10. The number of H-pyrrole nitrogens is 1. The quantitative estimate of drug-likeness (QED) is 0.437. The number of aliphatic imine (C=N–C) groups is 1. The van der Waals surface area contributed by atoms with Crippen molar-refractivity contribution < 1.29 is 4.79 Å². The Balaban J connectivity index is 1.59. The van der Waals surface area contributed by atoms with Crippen LogP contribution in [-0.4, -0.2) is 21.3 Å². The average molecular weight is 352 g/mol. The number of aromatic amines is 1. The minimum atomic E-state index is 0.185. The number of rotatable bonds is 3. The van der Waals surface area contributed by atoms with E-state index < -0.39 is 0 Å². The van der Waals surface area contributed by atoms with Gasteiger partial charge >= 0.3 is 0 Å². The van der Waals surface area contributed by atoms with Crippen LogP contribution in [0, 0.1) is 0 Å². The van der Waals surface area contributed by atoms with Crippen LogP contribution in [0.15, 0.2) is 65.9 Å². The van der Waals surface area contributed by atoms with Gasteiger partial charge in [-0.25, -0.2) is 4.79 Å². The predicted molar refractivity (Wildman–Crippen MR) is 104 cm³/mol. The van der Waals surface area contributed by atoms with Crippen molar-refractivity contribution in [2.75, 3.05) is 0 Å². The van der Waals surface area contributed by atoms with Crippen molar-refractivity contribution >= 4 is 22.5 Å². The molecule has 2 aromatic heterocycles. The lowest BCUT2D eigenvalue weighted by Crippen LogP contribution is -1.99. The molecule has 0 amide bonds. The van der Waals surface area contributed by atoms with E-state index in [2.05, 4.69) is 56.6 Å². The summed E-state index contributed by atoms with van der Waals surface area (Å²) in [4.78, 5) is 19.1. The standard InChI is InChI=1S/C22H16N4O/c27-13-24-22-20(15-7-9-23-10-8-15)25-26-21(22)17-11-16-6-5-14-3-1-2-4-18(14)19(16)12-17/h1-10,17H,11-12H2,(H,25,26). The molecule has 0 spiro atoms. The molecule has 0 saturated carbocycles. The summed E-state index contributed by atoms with van der Waals surface area (Å²) >= 11 is 0. The number of hydrogen-bond acceptors (Lipinski definition) is 4. The van der Waals surface area contributed by atoms with E-state index in [9.17, 15) is 4.79 Å². The Bertz CT molecular complexity index is 1190. The van der Waals surface area contributed by atoms with E-state index >= 15 is 0 Å². The minimum Gasteiger partial charge on any atom is -0.275 e. The van der Waals surface area contributed by atoms with Crippen LogP contribution in [0.25, 0.3) is 22.0 Å². The molecule has 1 aliphatic carbocycles. The van der Waals surface area contributed by atoms with Gasteiger partial charge in [0.05, 0.1) is 11.4 Å². The van der Waals surface area contributed by atoms with Gasteiger partial charge in [-0.15, -0.1) is 0 Å². The van der Waals surface area contributed by atoms with E-state index in [1.807, 2.05) is 12.1 Å². The largest absolute Gasteiger partial charge is 0.275 e. The molecule has 4 aromatic rings. The molecule has 0 fully saturated rings. The first-order chi connectivity index (χ1) is 13.3. The average Bonchev–Trinajstić information content (AvgIpc) is 3.33. The lowest BCUT2D eigenvalue weighted by atomic mass is 9.98. The topological polar surface area (TPSA) is 71.0 Å². The van der Waals surface area contributed by atoms with Crippen molar-refractivity contribution in [3.63, 3.8) is 0 Å². The van der Waals surface area contributed by atoms with Gasteiger partial charge in [0, 0.05) is 23.9 Å². The summed E-state index contributed by atoms with van der Waals surface area (Å²) in [6, 6.07) is 16.6. The van der Waals surface area contributed by atoms with E-state index in [0.717, 1.165) is 29.8 Å². The lowest BCUT2D eigenvalue weighted by Gasteiger charge is -2.07. The first-order valence-electron chi connectivity index (χ1n) is 8.91. The Kier molecular flexibility index (Phi) is 3.66. The summed E-state index contributed by atoms with van der Waals surface area (Å²) in [6.45, 7) is 0. The van der Waals surface area contributed by atoms with Gasteiger partial charge in [-0.05, 0) is 46.9 Å². The number of nitrogens with one attached hydrogen (secondary N) is 1. The van der Waals surface area contributed by atoms with Gasteiger partial charge < -0.3 is 0 Å². The van der Waals surface area contributed by atoms with Gasteiger partial charge in [0.1, 0.15) is 5.69 Å². The molecule has 0 saturated heterocycles. The van der Waals surface area contributed by atoms with Crippen LogP contribution in [0.5, 0.6) is 0 Å². The number of fused-ring (bicyclic) bond motifs is 3. The van der Waals surface area contributed by atoms with Crippen molar-refractivity contribution in [2.45, 2.75) is 18.8 Å². The van der Waals surface area contributed by atoms with Crippen LogP contribution in [0.3, 0.4) is 0 Å². The van der Waals surface area contributed by atoms with E-state index in [-0.39, 0.29) is 5.92 Å². The maximum absolute atomic E-state index is 11.1. The zero-order valence-corrected chi connectivity index (χ0v) is 14.5. The molecule has 1 unspecified atom stereocenters. The zero-order chi connectivity index (χ0) is 18.2. The Labute approximate surface area is 155 Å². The summed E-state index contributed by atoms with van der Waals surface area (Å²) < 4.78 is 0. The molecule has 1 N–H and O–H groups in total. The Morgan fingerprint density at radius 1 is 1.04 bits per heavy atom.